The Hall–Kier alpha value is -4.39. The Morgan fingerprint density at radius 2 is 1.74 bits per heavy atom. The molecule has 2 N–H and O–H groups in total. The molecule has 0 saturated carbocycles. The molecule has 0 unspecified atom stereocenters. The lowest BCUT2D eigenvalue weighted by Gasteiger charge is -2.33. The van der Waals surface area contributed by atoms with E-state index >= 15 is 0 Å². The van der Waals surface area contributed by atoms with Crippen molar-refractivity contribution in [1.29, 1.82) is 0 Å². The van der Waals surface area contributed by atoms with E-state index in [-0.39, 0.29) is 11.8 Å². The van der Waals surface area contributed by atoms with Crippen LogP contribution in [0.5, 0.6) is 5.75 Å². The van der Waals surface area contributed by atoms with E-state index in [2.05, 4.69) is 10.6 Å². The van der Waals surface area contributed by atoms with Crippen LogP contribution < -0.4 is 15.4 Å². The number of aryl methyl sites for hydroxylation is 2. The number of anilines is 1. The number of carbonyl (C=O) groups is 2. The van der Waals surface area contributed by atoms with Crippen LogP contribution in [0.15, 0.2) is 78.9 Å². The molecule has 0 bridgehead atoms. The number of rotatable bonds is 5. The van der Waals surface area contributed by atoms with Crippen molar-refractivity contribution in [2.45, 2.75) is 25.8 Å². The van der Waals surface area contributed by atoms with Crippen LogP contribution in [0, 0.1) is 13.8 Å². The standard InChI is InChI=1S/C28H26N4O3/c1-17-8-7-9-20(16-17)27(33)29-25-24(19-12-14-22(35-3)15-13-19)23-18(2)31-32(26(23)30-28(25)34)21-10-5-4-6-11-21/h4-16,24-25H,1-3H3,(H,29,33)(H,30,34)/t24-,25-/m0/s1. The average molecular weight is 467 g/mol. The summed E-state index contributed by atoms with van der Waals surface area (Å²) in [6.45, 7) is 3.85. The molecule has 3 aromatic carbocycles. The topological polar surface area (TPSA) is 85.2 Å². The number of fused-ring (bicyclic) bond motifs is 1. The zero-order valence-corrected chi connectivity index (χ0v) is 19.8. The van der Waals surface area contributed by atoms with Crippen LogP contribution in [-0.4, -0.2) is 34.7 Å². The number of hydrogen-bond acceptors (Lipinski definition) is 4. The van der Waals surface area contributed by atoms with Gasteiger partial charge in [0.1, 0.15) is 17.6 Å². The summed E-state index contributed by atoms with van der Waals surface area (Å²) in [5.74, 6) is 0.294. The van der Waals surface area contributed by atoms with Crippen molar-refractivity contribution in [3.8, 4) is 11.4 Å². The third-order valence-electron chi connectivity index (χ3n) is 6.32. The Bertz CT molecular complexity index is 1390. The summed E-state index contributed by atoms with van der Waals surface area (Å²) in [5, 5.41) is 10.8. The molecule has 176 valence electrons. The number of carbonyl (C=O) groups excluding carboxylic acids is 2. The van der Waals surface area contributed by atoms with Crippen molar-refractivity contribution in [2.75, 3.05) is 12.4 Å². The normalized spacial score (nSPS) is 16.8. The summed E-state index contributed by atoms with van der Waals surface area (Å²) in [7, 11) is 1.61. The van der Waals surface area contributed by atoms with Crippen molar-refractivity contribution < 1.29 is 14.3 Å². The van der Waals surface area contributed by atoms with Crippen molar-refractivity contribution in [3.63, 3.8) is 0 Å². The molecular weight excluding hydrogens is 440 g/mol. The van der Waals surface area contributed by atoms with Gasteiger partial charge in [-0.05, 0) is 55.8 Å². The van der Waals surface area contributed by atoms with Gasteiger partial charge in [0, 0.05) is 17.0 Å². The molecule has 7 heteroatoms. The van der Waals surface area contributed by atoms with Crippen LogP contribution >= 0.6 is 0 Å². The smallest absolute Gasteiger partial charge is 0.251 e. The van der Waals surface area contributed by atoms with Gasteiger partial charge in [-0.25, -0.2) is 4.68 Å². The zero-order valence-electron chi connectivity index (χ0n) is 19.8. The first-order valence-corrected chi connectivity index (χ1v) is 11.4. The second-order valence-corrected chi connectivity index (χ2v) is 8.66. The van der Waals surface area contributed by atoms with Crippen LogP contribution in [0.25, 0.3) is 5.69 Å². The van der Waals surface area contributed by atoms with Gasteiger partial charge in [0.15, 0.2) is 0 Å². The molecule has 0 fully saturated rings. The molecule has 0 aliphatic carbocycles. The first-order valence-electron chi connectivity index (χ1n) is 11.4. The number of hydrogen-bond donors (Lipinski definition) is 2. The highest BCUT2D eigenvalue weighted by Crippen LogP contribution is 2.41. The molecule has 4 aromatic rings. The number of nitrogens with zero attached hydrogens (tertiary/aromatic N) is 2. The van der Waals surface area contributed by atoms with Gasteiger partial charge >= 0.3 is 0 Å². The summed E-state index contributed by atoms with van der Waals surface area (Å²) in [4.78, 5) is 26.7. The Morgan fingerprint density at radius 3 is 2.43 bits per heavy atom. The highest BCUT2D eigenvalue weighted by atomic mass is 16.5. The largest absolute Gasteiger partial charge is 0.497 e. The third kappa shape index (κ3) is 4.17. The third-order valence-corrected chi connectivity index (χ3v) is 6.32. The number of benzene rings is 3. The number of ether oxygens (including phenoxy) is 1. The minimum Gasteiger partial charge on any atom is -0.497 e. The molecule has 0 spiro atoms. The van der Waals surface area contributed by atoms with Gasteiger partial charge in [0.2, 0.25) is 5.91 Å². The zero-order chi connectivity index (χ0) is 24.5. The number of amides is 2. The predicted octanol–water partition coefficient (Wildman–Crippen LogP) is 4.38. The molecule has 0 saturated heterocycles. The lowest BCUT2D eigenvalue weighted by molar-refractivity contribution is -0.118. The van der Waals surface area contributed by atoms with E-state index in [1.54, 1.807) is 17.9 Å². The molecule has 0 radical (unpaired) electrons. The number of methoxy groups -OCH3 is 1. The predicted molar refractivity (Wildman–Crippen MR) is 134 cm³/mol. The Labute approximate surface area is 203 Å². The fraction of sp³-hybridized carbons (Fsp3) is 0.179. The molecular formula is C28H26N4O3. The minimum absolute atomic E-state index is 0.295. The molecule has 2 amide bonds. The molecule has 1 aromatic heterocycles. The number of nitrogens with one attached hydrogen (secondary N) is 2. The molecule has 1 aliphatic rings. The van der Waals surface area contributed by atoms with Crippen molar-refractivity contribution >= 4 is 17.6 Å². The molecule has 7 nitrogen and oxygen atoms in total. The maximum Gasteiger partial charge on any atom is 0.251 e. The summed E-state index contributed by atoms with van der Waals surface area (Å²) in [6, 6.07) is 23.7. The van der Waals surface area contributed by atoms with Gasteiger partial charge in [-0.15, -0.1) is 0 Å². The summed E-state index contributed by atoms with van der Waals surface area (Å²) >= 11 is 0. The minimum atomic E-state index is -0.823. The van der Waals surface area contributed by atoms with Crippen molar-refractivity contribution in [2.24, 2.45) is 0 Å². The SMILES string of the molecule is COc1ccc([C@H]2c3c(C)nn(-c4ccccc4)c3NC(=O)[C@H]2NC(=O)c2cccc(C)c2)cc1. The van der Waals surface area contributed by atoms with E-state index in [1.807, 2.05) is 86.6 Å². The quantitative estimate of drug-likeness (QED) is 0.457. The average Bonchev–Trinajstić information content (AvgIpc) is 3.20. The summed E-state index contributed by atoms with van der Waals surface area (Å²) in [6.07, 6.45) is 0. The highest BCUT2D eigenvalue weighted by Gasteiger charge is 2.41. The van der Waals surface area contributed by atoms with Crippen molar-refractivity contribution in [3.05, 3.63) is 107 Å². The van der Waals surface area contributed by atoms with Gasteiger partial charge in [0.25, 0.3) is 5.91 Å². The monoisotopic (exact) mass is 466 g/mol. The Balaban J connectivity index is 1.62. The Kier molecular flexibility index (Phi) is 5.82. The van der Waals surface area contributed by atoms with Crippen LogP contribution in [0.1, 0.15) is 38.7 Å². The second-order valence-electron chi connectivity index (χ2n) is 8.66. The second kappa shape index (κ2) is 9.10. The van der Waals surface area contributed by atoms with E-state index in [0.717, 1.165) is 28.1 Å². The fourth-order valence-corrected chi connectivity index (χ4v) is 4.63. The summed E-state index contributed by atoms with van der Waals surface area (Å²) < 4.78 is 7.08. The van der Waals surface area contributed by atoms with Crippen LogP contribution in [0.4, 0.5) is 5.82 Å². The Morgan fingerprint density at radius 1 is 1.00 bits per heavy atom. The van der Waals surface area contributed by atoms with Crippen LogP contribution in [-0.2, 0) is 4.79 Å². The van der Waals surface area contributed by atoms with Crippen LogP contribution in [0.3, 0.4) is 0 Å². The van der Waals surface area contributed by atoms with Gasteiger partial charge in [-0.1, -0.05) is 48.0 Å². The molecule has 1 aliphatic heterocycles. The molecule has 2 heterocycles. The van der Waals surface area contributed by atoms with E-state index < -0.39 is 12.0 Å². The maximum absolute atomic E-state index is 13.5. The molecule has 2 atom stereocenters. The van der Waals surface area contributed by atoms with Gasteiger partial charge in [-0.2, -0.15) is 5.10 Å². The van der Waals surface area contributed by atoms with Gasteiger partial charge < -0.3 is 15.4 Å². The van der Waals surface area contributed by atoms with Gasteiger partial charge in [0.05, 0.1) is 18.5 Å². The van der Waals surface area contributed by atoms with Crippen molar-refractivity contribution in [1.82, 2.24) is 15.1 Å². The van der Waals surface area contributed by atoms with E-state index in [9.17, 15) is 9.59 Å². The lowest BCUT2D eigenvalue weighted by Crippen LogP contribution is -2.50. The van der Waals surface area contributed by atoms with E-state index in [0.29, 0.717) is 17.1 Å². The van der Waals surface area contributed by atoms with E-state index in [1.165, 1.54) is 0 Å². The van der Waals surface area contributed by atoms with E-state index in [4.69, 9.17) is 9.84 Å². The first-order chi connectivity index (χ1) is 17.0. The lowest BCUT2D eigenvalue weighted by atomic mass is 9.81. The fourth-order valence-electron chi connectivity index (χ4n) is 4.63. The molecule has 5 rings (SSSR count). The molecule has 35 heavy (non-hydrogen) atoms. The summed E-state index contributed by atoms with van der Waals surface area (Å²) in [5.41, 5.74) is 4.85. The number of aromatic nitrogens is 2. The maximum atomic E-state index is 13.5. The highest BCUT2D eigenvalue weighted by molar-refractivity contribution is 6.04. The van der Waals surface area contributed by atoms with Crippen LogP contribution in [0.2, 0.25) is 0 Å². The van der Waals surface area contributed by atoms with Gasteiger partial charge in [-0.3, -0.25) is 9.59 Å². The first kappa shape index (κ1) is 22.4. The number of para-hydroxylation sites is 1.